The zero-order chi connectivity index (χ0) is 20.0. The third-order valence-corrected chi connectivity index (χ3v) is 6.86. The third-order valence-electron chi connectivity index (χ3n) is 5.00. The van der Waals surface area contributed by atoms with Gasteiger partial charge in [-0.05, 0) is 60.3 Å². The van der Waals surface area contributed by atoms with Crippen LogP contribution >= 0.6 is 33.9 Å². The molecule has 0 aromatic carbocycles. The molecular weight excluding hydrogens is 481 g/mol. The number of ether oxygens (including phenoxy) is 3. The van der Waals surface area contributed by atoms with Gasteiger partial charge in [0.1, 0.15) is 4.88 Å². The van der Waals surface area contributed by atoms with Crippen LogP contribution in [0.2, 0.25) is 0 Å². The van der Waals surface area contributed by atoms with E-state index in [1.807, 2.05) is 6.07 Å². The molecule has 152 valence electrons. The first-order chi connectivity index (χ1) is 12.9. The van der Waals surface area contributed by atoms with Crippen LogP contribution in [0, 0.1) is 14.7 Å². The lowest BCUT2D eigenvalue weighted by atomic mass is 9.82. The van der Waals surface area contributed by atoms with E-state index in [1.165, 1.54) is 18.4 Å². The number of esters is 1. The summed E-state index contributed by atoms with van der Waals surface area (Å²) >= 11 is 3.50. The van der Waals surface area contributed by atoms with Crippen LogP contribution in [-0.4, -0.2) is 52.5 Å². The number of hydrogen-bond donors (Lipinski definition) is 0. The Balaban J connectivity index is 2.43. The fraction of sp³-hybridized carbons (Fsp3) is 0.684. The second-order valence-corrected chi connectivity index (χ2v) is 9.93. The Labute approximate surface area is 178 Å². The summed E-state index contributed by atoms with van der Waals surface area (Å²) < 4.78 is 16.6. The van der Waals surface area contributed by atoms with Gasteiger partial charge in [-0.2, -0.15) is 0 Å². The first kappa shape index (κ1) is 22.6. The number of rotatable bonds is 8. The van der Waals surface area contributed by atoms with Crippen LogP contribution in [0.25, 0.3) is 0 Å². The van der Waals surface area contributed by atoms with Crippen molar-refractivity contribution >= 4 is 51.5 Å². The molecule has 1 heterocycles. The van der Waals surface area contributed by atoms with Crippen molar-refractivity contribution in [3.05, 3.63) is 13.8 Å². The Kier molecular flexibility index (Phi) is 8.97. The van der Waals surface area contributed by atoms with E-state index in [4.69, 9.17) is 14.2 Å². The van der Waals surface area contributed by atoms with E-state index in [-0.39, 0.29) is 17.9 Å². The van der Waals surface area contributed by atoms with Gasteiger partial charge in [-0.15, -0.1) is 11.3 Å². The molecule has 0 bridgehead atoms. The number of hydrogen-bond acceptors (Lipinski definition) is 6. The van der Waals surface area contributed by atoms with E-state index >= 15 is 0 Å². The molecule has 0 unspecified atom stereocenters. The summed E-state index contributed by atoms with van der Waals surface area (Å²) in [7, 11) is 4.56. The number of methoxy groups -OCH3 is 3. The number of nitrogens with zero attached hydrogens (tertiary/aromatic N) is 1. The fourth-order valence-electron chi connectivity index (χ4n) is 3.55. The van der Waals surface area contributed by atoms with Gasteiger partial charge in [-0.25, -0.2) is 4.79 Å². The van der Waals surface area contributed by atoms with Crippen LogP contribution in [0.15, 0.2) is 6.07 Å². The van der Waals surface area contributed by atoms with Crippen molar-refractivity contribution < 1.29 is 23.8 Å². The number of carbonyl (C=O) groups excluding carboxylic acids is 2. The summed E-state index contributed by atoms with van der Waals surface area (Å²) in [6.45, 7) is 2.89. The third kappa shape index (κ3) is 5.65. The molecule has 1 aromatic rings. The van der Waals surface area contributed by atoms with Crippen molar-refractivity contribution in [2.24, 2.45) is 11.8 Å². The van der Waals surface area contributed by atoms with Crippen LogP contribution in [0.3, 0.4) is 0 Å². The molecule has 1 fully saturated rings. The lowest BCUT2D eigenvalue weighted by Crippen LogP contribution is -2.49. The molecule has 1 amide bonds. The standard InChI is InChI=1S/C19H28INO5S/c1-12-5-7-13(8-6-12)18(22)21(14(10-24-2)11-25-3)15-9-16(20)27-17(15)19(23)26-4/h9,12-14H,5-8,10-11H2,1-4H3/t12-,13-. The SMILES string of the molecule is COCC(COC)N(c1cc(I)sc1C(=O)OC)C(=O)[C@H]1CC[C@H](C)CC1. The predicted molar refractivity (Wildman–Crippen MR) is 115 cm³/mol. The van der Waals surface area contributed by atoms with Crippen molar-refractivity contribution in [3.8, 4) is 0 Å². The predicted octanol–water partition coefficient (Wildman–Crippen LogP) is 3.96. The van der Waals surface area contributed by atoms with Crippen molar-refractivity contribution in [1.29, 1.82) is 0 Å². The molecule has 0 saturated heterocycles. The second-order valence-electron chi connectivity index (χ2n) is 6.99. The summed E-state index contributed by atoms with van der Waals surface area (Å²) in [4.78, 5) is 28.0. The van der Waals surface area contributed by atoms with Gasteiger partial charge in [-0.3, -0.25) is 4.79 Å². The molecule has 1 aliphatic rings. The quantitative estimate of drug-likeness (QED) is 0.392. The van der Waals surface area contributed by atoms with Gasteiger partial charge in [0.2, 0.25) is 5.91 Å². The van der Waals surface area contributed by atoms with Gasteiger partial charge < -0.3 is 19.1 Å². The molecular formula is C19H28INO5S. The molecule has 8 heteroatoms. The number of carbonyl (C=O) groups is 2. The van der Waals surface area contributed by atoms with E-state index in [0.717, 1.165) is 28.6 Å². The highest BCUT2D eigenvalue weighted by Crippen LogP contribution is 2.37. The van der Waals surface area contributed by atoms with Crippen LogP contribution < -0.4 is 4.90 Å². The Morgan fingerprint density at radius 2 is 1.78 bits per heavy atom. The van der Waals surface area contributed by atoms with Gasteiger partial charge in [-0.1, -0.05) is 6.92 Å². The smallest absolute Gasteiger partial charge is 0.350 e. The first-order valence-corrected chi connectivity index (χ1v) is 11.0. The molecule has 1 aliphatic carbocycles. The number of amides is 1. The average Bonchev–Trinajstić information content (AvgIpc) is 3.03. The maximum Gasteiger partial charge on any atom is 0.350 e. The Hall–Kier alpha value is -0.710. The zero-order valence-corrected chi connectivity index (χ0v) is 19.3. The van der Waals surface area contributed by atoms with E-state index in [0.29, 0.717) is 29.7 Å². The molecule has 1 aromatic heterocycles. The van der Waals surface area contributed by atoms with Crippen LogP contribution in [-0.2, 0) is 19.0 Å². The van der Waals surface area contributed by atoms with Crippen LogP contribution in [0.5, 0.6) is 0 Å². The number of thiophene rings is 1. The van der Waals surface area contributed by atoms with Gasteiger partial charge in [0.15, 0.2) is 0 Å². The summed E-state index contributed by atoms with van der Waals surface area (Å²) in [6, 6.07) is 1.57. The van der Waals surface area contributed by atoms with Crippen LogP contribution in [0.4, 0.5) is 5.69 Å². The molecule has 0 radical (unpaired) electrons. The molecule has 2 rings (SSSR count). The molecule has 0 atom stereocenters. The Bertz CT molecular complexity index is 636. The molecule has 0 spiro atoms. The monoisotopic (exact) mass is 509 g/mol. The van der Waals surface area contributed by atoms with Gasteiger partial charge in [0.25, 0.3) is 0 Å². The Morgan fingerprint density at radius 1 is 1.19 bits per heavy atom. The van der Waals surface area contributed by atoms with E-state index in [2.05, 4.69) is 29.5 Å². The maximum absolute atomic E-state index is 13.5. The highest BCUT2D eigenvalue weighted by molar-refractivity contribution is 14.1. The Morgan fingerprint density at radius 3 is 2.30 bits per heavy atom. The second kappa shape index (κ2) is 10.7. The molecule has 6 nitrogen and oxygen atoms in total. The summed E-state index contributed by atoms with van der Waals surface area (Å²) in [5, 5.41) is 0. The lowest BCUT2D eigenvalue weighted by molar-refractivity contribution is -0.124. The van der Waals surface area contributed by atoms with E-state index < -0.39 is 5.97 Å². The highest BCUT2D eigenvalue weighted by atomic mass is 127. The van der Waals surface area contributed by atoms with Crippen molar-refractivity contribution in [1.82, 2.24) is 0 Å². The number of anilines is 1. The van der Waals surface area contributed by atoms with Crippen LogP contribution in [0.1, 0.15) is 42.3 Å². The molecule has 1 saturated carbocycles. The van der Waals surface area contributed by atoms with Gasteiger partial charge in [0.05, 0.1) is 34.9 Å². The molecule has 0 aliphatic heterocycles. The van der Waals surface area contributed by atoms with E-state index in [9.17, 15) is 9.59 Å². The zero-order valence-electron chi connectivity index (χ0n) is 16.3. The number of halogens is 1. The van der Waals surface area contributed by atoms with Crippen molar-refractivity contribution in [2.45, 2.75) is 38.6 Å². The highest BCUT2D eigenvalue weighted by Gasteiger charge is 2.36. The van der Waals surface area contributed by atoms with Gasteiger partial charge in [0, 0.05) is 20.1 Å². The summed E-state index contributed by atoms with van der Waals surface area (Å²) in [5.41, 5.74) is 0.596. The summed E-state index contributed by atoms with van der Waals surface area (Å²) in [6.07, 6.45) is 3.85. The average molecular weight is 509 g/mol. The fourth-order valence-corrected chi connectivity index (χ4v) is 5.30. The minimum Gasteiger partial charge on any atom is -0.465 e. The molecule has 27 heavy (non-hydrogen) atoms. The minimum absolute atomic E-state index is 0.0412. The minimum atomic E-state index is -0.429. The van der Waals surface area contributed by atoms with E-state index in [1.54, 1.807) is 19.1 Å². The molecule has 0 N–H and O–H groups in total. The first-order valence-electron chi connectivity index (χ1n) is 9.11. The largest absolute Gasteiger partial charge is 0.465 e. The lowest BCUT2D eigenvalue weighted by Gasteiger charge is -2.35. The topological polar surface area (TPSA) is 65.1 Å². The summed E-state index contributed by atoms with van der Waals surface area (Å²) in [5.74, 6) is 0.228. The maximum atomic E-state index is 13.5. The van der Waals surface area contributed by atoms with Crippen molar-refractivity contribution in [3.63, 3.8) is 0 Å². The van der Waals surface area contributed by atoms with Gasteiger partial charge >= 0.3 is 5.97 Å². The van der Waals surface area contributed by atoms with Crippen molar-refractivity contribution in [2.75, 3.05) is 39.4 Å². The normalized spacial score (nSPS) is 19.9.